The summed E-state index contributed by atoms with van der Waals surface area (Å²) in [5, 5.41) is 12.9. The zero-order chi connectivity index (χ0) is 18.0. The van der Waals surface area contributed by atoms with Gasteiger partial charge < -0.3 is 0 Å². The average molecular weight is 374 g/mol. The van der Waals surface area contributed by atoms with Crippen LogP contribution < -0.4 is 5.43 Å². The van der Waals surface area contributed by atoms with Crippen molar-refractivity contribution in [1.82, 2.24) is 15.4 Å². The van der Waals surface area contributed by atoms with Gasteiger partial charge in [0.15, 0.2) is 4.34 Å². The van der Waals surface area contributed by atoms with E-state index < -0.39 is 10.8 Å². The van der Waals surface area contributed by atoms with Crippen LogP contribution in [0.3, 0.4) is 0 Å². The van der Waals surface area contributed by atoms with Crippen LogP contribution in [-0.4, -0.2) is 34.9 Å². The van der Waals surface area contributed by atoms with Crippen LogP contribution in [-0.2, 0) is 0 Å². The maximum atomic E-state index is 12.0. The molecule has 0 aliphatic carbocycles. The molecule has 3 aromatic rings. The van der Waals surface area contributed by atoms with Gasteiger partial charge in [0.1, 0.15) is 0 Å². The Morgan fingerprint density at radius 1 is 1.28 bits per heavy atom. The number of hydrogen-bond acceptors (Lipinski definition) is 7. The molecular formula is C16H14N4O3S2. The Morgan fingerprint density at radius 3 is 2.72 bits per heavy atom. The van der Waals surface area contributed by atoms with Gasteiger partial charge in [-0.1, -0.05) is 23.9 Å². The standard InChI is InChI=1S/C16H14N4O3S2/c1-19(2)18-15(21)10-7-8-14(12(9-10)20(22)23)25-16-17-11-5-3-4-6-13(11)24-16/h3-9H,1-2H3,(H,18,21). The van der Waals surface area contributed by atoms with Gasteiger partial charge in [-0.2, -0.15) is 0 Å². The second-order valence-electron chi connectivity index (χ2n) is 5.32. The number of fused-ring (bicyclic) bond motifs is 1. The number of benzene rings is 2. The van der Waals surface area contributed by atoms with Crippen molar-refractivity contribution >= 4 is 44.9 Å². The van der Waals surface area contributed by atoms with Gasteiger partial charge in [-0.05, 0) is 24.3 Å². The molecule has 0 aliphatic rings. The highest BCUT2D eigenvalue weighted by Gasteiger charge is 2.20. The molecule has 2 aromatic carbocycles. The average Bonchev–Trinajstić information content (AvgIpc) is 2.96. The van der Waals surface area contributed by atoms with E-state index in [-0.39, 0.29) is 11.3 Å². The number of nitrogens with one attached hydrogen (secondary N) is 1. The lowest BCUT2D eigenvalue weighted by molar-refractivity contribution is -0.387. The summed E-state index contributed by atoms with van der Waals surface area (Å²) in [6, 6.07) is 12.1. The van der Waals surface area contributed by atoms with E-state index in [1.54, 1.807) is 26.2 Å². The Morgan fingerprint density at radius 2 is 2.04 bits per heavy atom. The van der Waals surface area contributed by atoms with Crippen LogP contribution in [0.5, 0.6) is 0 Å². The predicted molar refractivity (Wildman–Crippen MR) is 98.0 cm³/mol. The van der Waals surface area contributed by atoms with Crippen molar-refractivity contribution in [3.05, 3.63) is 58.1 Å². The first-order chi connectivity index (χ1) is 11.9. The number of amides is 1. The number of para-hydroxylation sites is 1. The summed E-state index contributed by atoms with van der Waals surface area (Å²) in [4.78, 5) is 27.9. The normalized spacial score (nSPS) is 11.0. The van der Waals surface area contributed by atoms with Crippen molar-refractivity contribution in [2.45, 2.75) is 9.24 Å². The van der Waals surface area contributed by atoms with Gasteiger partial charge in [-0.15, -0.1) is 11.3 Å². The second-order valence-corrected chi connectivity index (χ2v) is 7.64. The lowest BCUT2D eigenvalue weighted by Gasteiger charge is -2.12. The maximum absolute atomic E-state index is 12.0. The van der Waals surface area contributed by atoms with Crippen molar-refractivity contribution in [1.29, 1.82) is 0 Å². The zero-order valence-corrected chi connectivity index (χ0v) is 15.1. The van der Waals surface area contributed by atoms with E-state index in [9.17, 15) is 14.9 Å². The van der Waals surface area contributed by atoms with Crippen molar-refractivity contribution in [3.63, 3.8) is 0 Å². The molecule has 0 unspecified atom stereocenters. The summed E-state index contributed by atoms with van der Waals surface area (Å²) in [6.07, 6.45) is 0. The third kappa shape index (κ3) is 3.95. The smallest absolute Gasteiger partial charge is 0.284 e. The minimum Gasteiger partial charge on any atom is -0.285 e. The highest BCUT2D eigenvalue weighted by atomic mass is 32.2. The number of carbonyl (C=O) groups excluding carboxylic acids is 1. The summed E-state index contributed by atoms with van der Waals surface area (Å²) in [5.74, 6) is -0.398. The van der Waals surface area contributed by atoms with E-state index in [0.717, 1.165) is 14.6 Å². The van der Waals surface area contributed by atoms with E-state index in [0.29, 0.717) is 4.90 Å². The fraction of sp³-hybridized carbons (Fsp3) is 0.125. The van der Waals surface area contributed by atoms with E-state index in [4.69, 9.17) is 0 Å². The van der Waals surface area contributed by atoms with Gasteiger partial charge in [0.2, 0.25) is 0 Å². The fourth-order valence-corrected chi connectivity index (χ4v) is 4.25. The topological polar surface area (TPSA) is 88.4 Å². The third-order valence-corrected chi connectivity index (χ3v) is 5.38. The first-order valence-corrected chi connectivity index (χ1v) is 8.87. The van der Waals surface area contributed by atoms with Crippen LogP contribution in [0.15, 0.2) is 51.7 Å². The fourth-order valence-electron chi connectivity index (χ4n) is 2.14. The van der Waals surface area contributed by atoms with Crippen LogP contribution in [0.1, 0.15) is 10.4 Å². The second kappa shape index (κ2) is 7.18. The van der Waals surface area contributed by atoms with E-state index >= 15 is 0 Å². The molecule has 0 saturated heterocycles. The molecule has 0 fully saturated rings. The predicted octanol–water partition coefficient (Wildman–Crippen LogP) is 3.56. The molecule has 128 valence electrons. The lowest BCUT2D eigenvalue weighted by Crippen LogP contribution is -2.36. The quantitative estimate of drug-likeness (QED) is 0.543. The number of nitrogens with zero attached hydrogens (tertiary/aromatic N) is 3. The summed E-state index contributed by atoms with van der Waals surface area (Å²) >= 11 is 2.70. The summed E-state index contributed by atoms with van der Waals surface area (Å²) in [7, 11) is 3.34. The molecule has 3 rings (SSSR count). The number of nitro groups is 1. The van der Waals surface area contributed by atoms with Crippen molar-refractivity contribution in [2.75, 3.05) is 14.1 Å². The highest BCUT2D eigenvalue weighted by molar-refractivity contribution is 8.01. The van der Waals surface area contributed by atoms with Crippen molar-refractivity contribution < 1.29 is 9.72 Å². The van der Waals surface area contributed by atoms with Crippen LogP contribution in [0, 0.1) is 10.1 Å². The molecule has 7 nitrogen and oxygen atoms in total. The van der Waals surface area contributed by atoms with Crippen LogP contribution in [0.4, 0.5) is 5.69 Å². The molecular weight excluding hydrogens is 360 g/mol. The molecule has 1 N–H and O–H groups in total. The Balaban J connectivity index is 1.92. The van der Waals surface area contributed by atoms with Crippen LogP contribution in [0.2, 0.25) is 0 Å². The van der Waals surface area contributed by atoms with Crippen molar-refractivity contribution in [2.24, 2.45) is 0 Å². The third-order valence-electron chi connectivity index (χ3n) is 3.21. The Bertz CT molecular complexity index is 922. The molecule has 0 bridgehead atoms. The number of thiazole rings is 1. The molecule has 0 atom stereocenters. The number of aromatic nitrogens is 1. The number of nitro benzene ring substituents is 1. The SMILES string of the molecule is CN(C)NC(=O)c1ccc(Sc2nc3ccccc3s2)c([N+](=O)[O-])c1. The number of rotatable bonds is 5. The summed E-state index contributed by atoms with van der Waals surface area (Å²) in [6.45, 7) is 0. The first kappa shape index (κ1) is 17.3. The monoisotopic (exact) mass is 374 g/mol. The Hall–Kier alpha value is -2.49. The highest BCUT2D eigenvalue weighted by Crippen LogP contribution is 2.38. The van der Waals surface area contributed by atoms with Crippen LogP contribution in [0.25, 0.3) is 10.2 Å². The maximum Gasteiger partial charge on any atom is 0.284 e. The number of hydrogen-bond donors (Lipinski definition) is 1. The summed E-state index contributed by atoms with van der Waals surface area (Å²) < 4.78 is 1.74. The molecule has 0 aliphatic heterocycles. The molecule has 25 heavy (non-hydrogen) atoms. The lowest BCUT2D eigenvalue weighted by atomic mass is 10.2. The van der Waals surface area contributed by atoms with Crippen LogP contribution >= 0.6 is 23.1 Å². The van der Waals surface area contributed by atoms with Gasteiger partial charge in [0.05, 0.1) is 20.0 Å². The molecule has 9 heteroatoms. The largest absolute Gasteiger partial charge is 0.285 e. The first-order valence-electron chi connectivity index (χ1n) is 7.24. The number of hydrazine groups is 1. The molecule has 1 aromatic heterocycles. The molecule has 0 radical (unpaired) electrons. The summed E-state index contributed by atoms with van der Waals surface area (Å²) in [5.41, 5.74) is 3.54. The molecule has 0 spiro atoms. The zero-order valence-electron chi connectivity index (χ0n) is 13.4. The van der Waals surface area contributed by atoms with E-state index in [1.807, 2.05) is 24.3 Å². The van der Waals surface area contributed by atoms with Gasteiger partial charge in [0, 0.05) is 25.7 Å². The number of carbonyl (C=O) groups is 1. The molecule has 1 heterocycles. The Labute approximate surface area is 151 Å². The molecule has 1 amide bonds. The minimum atomic E-state index is -0.484. The van der Waals surface area contributed by atoms with E-state index in [2.05, 4.69) is 10.4 Å². The van der Waals surface area contributed by atoms with Gasteiger partial charge >= 0.3 is 0 Å². The molecule has 0 saturated carbocycles. The van der Waals surface area contributed by atoms with Gasteiger partial charge in [0.25, 0.3) is 11.6 Å². The minimum absolute atomic E-state index is 0.115. The van der Waals surface area contributed by atoms with Gasteiger partial charge in [-0.25, -0.2) is 9.99 Å². The van der Waals surface area contributed by atoms with E-state index in [1.165, 1.54) is 34.2 Å². The van der Waals surface area contributed by atoms with Crippen molar-refractivity contribution in [3.8, 4) is 0 Å². The van der Waals surface area contributed by atoms with Gasteiger partial charge in [-0.3, -0.25) is 20.3 Å². The Kier molecular flexibility index (Phi) is 4.98.